The highest BCUT2D eigenvalue weighted by Crippen LogP contribution is 2.07. The summed E-state index contributed by atoms with van der Waals surface area (Å²) in [5.41, 5.74) is 1.34. The fraction of sp³-hybridized carbons (Fsp3) is 0.636. The summed E-state index contributed by atoms with van der Waals surface area (Å²) >= 11 is 0. The fourth-order valence-electron chi connectivity index (χ4n) is 3.49. The van der Waals surface area contributed by atoms with Gasteiger partial charge in [-0.05, 0) is 26.0 Å². The van der Waals surface area contributed by atoms with Crippen molar-refractivity contribution in [3.8, 4) is 0 Å². The first-order valence-corrected chi connectivity index (χ1v) is 10.7. The molecule has 0 aliphatic carbocycles. The molecular formula is C22H39IN6O. The average Bonchev–Trinajstić information content (AvgIpc) is 2.73. The van der Waals surface area contributed by atoms with E-state index >= 15 is 0 Å². The molecule has 1 fully saturated rings. The lowest BCUT2D eigenvalue weighted by atomic mass is 10.1. The standard InChI is InChI=1S/C22H38N6O.HI/c1-19(26(4)18-21-8-6-5-7-9-21)10-11-24-22(23-3)25-12-13-27-14-16-28(17-15-27)20(2)29;/h5-9,19H,10-18H2,1-4H3,(H2,23,24,25);1H. The van der Waals surface area contributed by atoms with E-state index in [4.69, 9.17) is 0 Å². The van der Waals surface area contributed by atoms with Gasteiger partial charge in [0, 0.05) is 72.4 Å². The van der Waals surface area contributed by atoms with E-state index in [0.717, 1.165) is 64.7 Å². The van der Waals surface area contributed by atoms with Crippen LogP contribution in [0.3, 0.4) is 0 Å². The number of amides is 1. The van der Waals surface area contributed by atoms with E-state index in [9.17, 15) is 4.79 Å². The highest BCUT2D eigenvalue weighted by molar-refractivity contribution is 14.0. The molecule has 1 saturated heterocycles. The summed E-state index contributed by atoms with van der Waals surface area (Å²) in [5, 5.41) is 6.82. The van der Waals surface area contributed by atoms with Crippen LogP contribution in [0.5, 0.6) is 0 Å². The SMILES string of the molecule is CN=C(NCCC(C)N(C)Cc1ccccc1)NCCN1CCN(C(C)=O)CC1.I. The van der Waals surface area contributed by atoms with Gasteiger partial charge in [0.2, 0.25) is 5.91 Å². The first kappa shape index (κ1) is 26.6. The molecule has 1 aromatic rings. The van der Waals surface area contributed by atoms with E-state index < -0.39 is 0 Å². The predicted molar refractivity (Wildman–Crippen MR) is 135 cm³/mol. The Morgan fingerprint density at radius 3 is 2.37 bits per heavy atom. The Kier molecular flexibility index (Phi) is 13.0. The van der Waals surface area contributed by atoms with Crippen LogP contribution >= 0.6 is 24.0 Å². The number of carbonyl (C=O) groups excluding carboxylic acids is 1. The molecule has 1 aliphatic heterocycles. The van der Waals surface area contributed by atoms with Gasteiger partial charge in [-0.2, -0.15) is 0 Å². The summed E-state index contributed by atoms with van der Waals surface area (Å²) in [6, 6.07) is 11.1. The maximum atomic E-state index is 11.4. The van der Waals surface area contributed by atoms with Crippen LogP contribution in [0.1, 0.15) is 25.8 Å². The molecule has 0 bridgehead atoms. The molecule has 7 nitrogen and oxygen atoms in total. The van der Waals surface area contributed by atoms with Crippen LogP contribution < -0.4 is 10.6 Å². The van der Waals surface area contributed by atoms with Crippen molar-refractivity contribution in [3.63, 3.8) is 0 Å². The molecule has 8 heteroatoms. The third-order valence-corrected chi connectivity index (χ3v) is 5.64. The number of carbonyl (C=O) groups is 1. The lowest BCUT2D eigenvalue weighted by molar-refractivity contribution is -0.130. The number of nitrogens with one attached hydrogen (secondary N) is 2. The number of hydrogen-bond donors (Lipinski definition) is 2. The molecule has 2 rings (SSSR count). The Bertz CT molecular complexity index is 634. The maximum Gasteiger partial charge on any atom is 0.219 e. The molecule has 170 valence electrons. The molecule has 0 radical (unpaired) electrons. The number of guanidine groups is 1. The summed E-state index contributed by atoms with van der Waals surface area (Å²) in [4.78, 5) is 22.4. The number of hydrogen-bond acceptors (Lipinski definition) is 4. The molecule has 1 aromatic carbocycles. The van der Waals surface area contributed by atoms with Crippen molar-refractivity contribution in [2.45, 2.75) is 32.9 Å². The Labute approximate surface area is 199 Å². The number of aliphatic imine (C=N–C) groups is 1. The minimum atomic E-state index is 0. The third-order valence-electron chi connectivity index (χ3n) is 5.64. The first-order valence-electron chi connectivity index (χ1n) is 10.7. The van der Waals surface area contributed by atoms with Gasteiger partial charge in [0.05, 0.1) is 0 Å². The van der Waals surface area contributed by atoms with E-state index in [1.807, 2.05) is 11.9 Å². The van der Waals surface area contributed by atoms with Crippen molar-refractivity contribution in [2.24, 2.45) is 4.99 Å². The zero-order valence-electron chi connectivity index (χ0n) is 18.9. The number of benzene rings is 1. The lowest BCUT2D eigenvalue weighted by Crippen LogP contribution is -2.50. The molecule has 0 aromatic heterocycles. The molecule has 1 heterocycles. The van der Waals surface area contributed by atoms with E-state index in [2.05, 4.69) is 69.7 Å². The minimum absolute atomic E-state index is 0. The van der Waals surface area contributed by atoms with Crippen molar-refractivity contribution < 1.29 is 4.79 Å². The van der Waals surface area contributed by atoms with E-state index in [1.54, 1.807) is 6.92 Å². The van der Waals surface area contributed by atoms with Crippen LogP contribution in [-0.4, -0.2) is 92.5 Å². The fourth-order valence-corrected chi connectivity index (χ4v) is 3.49. The summed E-state index contributed by atoms with van der Waals surface area (Å²) < 4.78 is 0. The van der Waals surface area contributed by atoms with Crippen molar-refractivity contribution in [1.29, 1.82) is 0 Å². The van der Waals surface area contributed by atoms with Gasteiger partial charge in [-0.1, -0.05) is 30.3 Å². The second-order valence-corrected chi connectivity index (χ2v) is 7.81. The van der Waals surface area contributed by atoms with Gasteiger partial charge >= 0.3 is 0 Å². The third kappa shape index (κ3) is 9.61. The highest BCUT2D eigenvalue weighted by Gasteiger charge is 2.18. The largest absolute Gasteiger partial charge is 0.356 e. The quantitative estimate of drug-likeness (QED) is 0.290. The van der Waals surface area contributed by atoms with Crippen molar-refractivity contribution in [3.05, 3.63) is 35.9 Å². The van der Waals surface area contributed by atoms with E-state index in [-0.39, 0.29) is 29.9 Å². The zero-order chi connectivity index (χ0) is 21.1. The summed E-state index contributed by atoms with van der Waals surface area (Å²) in [5.74, 6) is 1.03. The smallest absolute Gasteiger partial charge is 0.219 e. The van der Waals surface area contributed by atoms with Gasteiger partial charge in [-0.3, -0.25) is 19.6 Å². The summed E-state index contributed by atoms with van der Waals surface area (Å²) in [7, 11) is 3.99. The average molecular weight is 530 g/mol. The van der Waals surface area contributed by atoms with Gasteiger partial charge in [-0.25, -0.2) is 0 Å². The molecule has 0 spiro atoms. The van der Waals surface area contributed by atoms with E-state index in [0.29, 0.717) is 6.04 Å². The molecule has 1 amide bonds. The van der Waals surface area contributed by atoms with Crippen molar-refractivity contribution in [2.75, 3.05) is 59.9 Å². The number of rotatable bonds is 9. The minimum Gasteiger partial charge on any atom is -0.356 e. The molecule has 30 heavy (non-hydrogen) atoms. The summed E-state index contributed by atoms with van der Waals surface area (Å²) in [6.45, 7) is 11.1. The number of piperazine rings is 1. The maximum absolute atomic E-state index is 11.4. The van der Waals surface area contributed by atoms with Crippen LogP contribution in [-0.2, 0) is 11.3 Å². The molecule has 0 saturated carbocycles. The molecule has 1 atom stereocenters. The molecule has 1 unspecified atom stereocenters. The Morgan fingerprint density at radius 2 is 1.77 bits per heavy atom. The van der Waals surface area contributed by atoms with Crippen LogP contribution in [0.25, 0.3) is 0 Å². The monoisotopic (exact) mass is 530 g/mol. The van der Waals surface area contributed by atoms with Crippen LogP contribution in [0.15, 0.2) is 35.3 Å². The molecule has 1 aliphatic rings. The summed E-state index contributed by atoms with van der Waals surface area (Å²) in [6.07, 6.45) is 1.05. The molecule has 2 N–H and O–H groups in total. The van der Waals surface area contributed by atoms with E-state index in [1.165, 1.54) is 5.56 Å². The second-order valence-electron chi connectivity index (χ2n) is 7.81. The zero-order valence-corrected chi connectivity index (χ0v) is 21.3. The Morgan fingerprint density at radius 1 is 1.13 bits per heavy atom. The van der Waals surface area contributed by atoms with Crippen molar-refractivity contribution >= 4 is 35.8 Å². The van der Waals surface area contributed by atoms with Gasteiger partial charge in [-0.15, -0.1) is 24.0 Å². The Hall–Kier alpha value is -1.39. The van der Waals surface area contributed by atoms with Gasteiger partial charge < -0.3 is 15.5 Å². The topological polar surface area (TPSA) is 63.2 Å². The molecular weight excluding hydrogens is 491 g/mol. The first-order chi connectivity index (χ1) is 14.0. The second kappa shape index (κ2) is 14.6. The van der Waals surface area contributed by atoms with Gasteiger partial charge in [0.1, 0.15) is 0 Å². The lowest BCUT2D eigenvalue weighted by Gasteiger charge is -2.34. The van der Waals surface area contributed by atoms with Crippen LogP contribution in [0.2, 0.25) is 0 Å². The van der Waals surface area contributed by atoms with Crippen molar-refractivity contribution in [1.82, 2.24) is 25.3 Å². The van der Waals surface area contributed by atoms with Gasteiger partial charge in [0.25, 0.3) is 0 Å². The number of halogens is 1. The number of nitrogens with zero attached hydrogens (tertiary/aromatic N) is 4. The predicted octanol–water partition coefficient (Wildman–Crippen LogP) is 1.84. The highest BCUT2D eigenvalue weighted by atomic mass is 127. The van der Waals surface area contributed by atoms with Gasteiger partial charge in [0.15, 0.2) is 5.96 Å². The van der Waals surface area contributed by atoms with Crippen LogP contribution in [0.4, 0.5) is 0 Å². The normalized spacial score (nSPS) is 16.2. The Balaban J connectivity index is 0.00000450. The van der Waals surface area contributed by atoms with Crippen LogP contribution in [0, 0.1) is 0 Å².